The van der Waals surface area contributed by atoms with Crippen molar-refractivity contribution in [2.45, 2.75) is 187 Å². The van der Waals surface area contributed by atoms with E-state index in [9.17, 15) is 19.5 Å². The van der Waals surface area contributed by atoms with Crippen molar-refractivity contribution in [2.75, 3.05) is 6.61 Å². The van der Waals surface area contributed by atoms with Crippen LogP contribution in [0.2, 0.25) is 0 Å². The normalized spacial score (nSPS) is 12.0. The molecule has 0 radical (unpaired) electrons. The Bertz CT molecular complexity index is 607. The zero-order valence-electron chi connectivity index (χ0n) is 26.6. The molecule has 0 aliphatic rings. The molecule has 1 atom stereocenters. The molecule has 1 amide bonds. The van der Waals surface area contributed by atoms with Gasteiger partial charge in [-0.3, -0.25) is 9.59 Å². The van der Waals surface area contributed by atoms with Crippen molar-refractivity contribution in [3.63, 3.8) is 0 Å². The number of nitrogens with one attached hydrogen (secondary N) is 1. The lowest BCUT2D eigenvalue weighted by molar-refractivity contribution is -0.150. The van der Waals surface area contributed by atoms with Gasteiger partial charge in [0, 0.05) is 6.42 Å². The minimum Gasteiger partial charge on any atom is -0.480 e. The molecule has 0 aromatic carbocycles. The second-order valence-corrected chi connectivity index (χ2v) is 12.2. The van der Waals surface area contributed by atoms with Gasteiger partial charge in [-0.25, -0.2) is 4.79 Å². The molecular weight excluding hydrogens is 502 g/mol. The summed E-state index contributed by atoms with van der Waals surface area (Å²) in [6, 6.07) is -1.22. The van der Waals surface area contributed by atoms with Crippen LogP contribution in [0, 0.1) is 5.92 Å². The monoisotopic (exact) mass is 567 g/mol. The molecule has 40 heavy (non-hydrogen) atoms. The molecule has 236 valence electrons. The molecule has 6 nitrogen and oxygen atoms in total. The number of hydrogen-bond donors (Lipinski definition) is 2. The highest BCUT2D eigenvalue weighted by atomic mass is 16.5. The van der Waals surface area contributed by atoms with Crippen LogP contribution in [0.1, 0.15) is 181 Å². The number of carbonyl (C=O) groups excluding carboxylic acids is 2. The lowest BCUT2D eigenvalue weighted by atomic mass is 10.0. The predicted molar refractivity (Wildman–Crippen MR) is 166 cm³/mol. The second-order valence-electron chi connectivity index (χ2n) is 12.2. The van der Waals surface area contributed by atoms with E-state index in [1.807, 2.05) is 0 Å². The van der Waals surface area contributed by atoms with Gasteiger partial charge in [0.2, 0.25) is 5.91 Å². The van der Waals surface area contributed by atoms with Gasteiger partial charge in [-0.2, -0.15) is 0 Å². The Labute approximate surface area is 247 Å². The zero-order valence-corrected chi connectivity index (χ0v) is 26.6. The molecule has 0 aromatic rings. The lowest BCUT2D eigenvalue weighted by Gasteiger charge is -2.14. The summed E-state index contributed by atoms with van der Waals surface area (Å²) in [6.07, 6.45) is 28.2. The van der Waals surface area contributed by atoms with Crippen LogP contribution in [0.4, 0.5) is 0 Å². The minimum atomic E-state index is -1.22. The number of carbonyl (C=O) groups is 3. The summed E-state index contributed by atoms with van der Waals surface area (Å²) in [5.74, 6) is -1.28. The Morgan fingerprint density at radius 2 is 1.05 bits per heavy atom. The number of unbranched alkanes of at least 4 members (excludes halogenated alkanes) is 20. The number of aliphatic carboxylic acids is 1. The van der Waals surface area contributed by atoms with E-state index in [1.54, 1.807) is 0 Å². The number of ether oxygens (including phenoxy) is 1. The standard InChI is InChI=1S/C34H65NO5/c1-4-5-6-7-8-9-10-11-12-13-14-15-18-21-24-27-32(36)35-31(34(38)39)29-33(37)40-28-25-22-19-16-17-20-23-26-30(2)3/h30-31H,4-29H2,1-3H3,(H,35,36)(H,38,39)/t31-/m0/s1. The first-order valence-corrected chi connectivity index (χ1v) is 17.0. The van der Waals surface area contributed by atoms with Gasteiger partial charge in [-0.05, 0) is 18.8 Å². The molecule has 0 aliphatic carbocycles. The Morgan fingerprint density at radius 1 is 0.625 bits per heavy atom. The maximum atomic E-state index is 12.2. The van der Waals surface area contributed by atoms with Crippen LogP contribution in [0.15, 0.2) is 0 Å². The number of amides is 1. The summed E-state index contributed by atoms with van der Waals surface area (Å²) in [7, 11) is 0. The Kier molecular flexibility index (Phi) is 27.8. The van der Waals surface area contributed by atoms with Crippen molar-refractivity contribution in [2.24, 2.45) is 5.92 Å². The van der Waals surface area contributed by atoms with Gasteiger partial charge in [0.1, 0.15) is 6.04 Å². The smallest absolute Gasteiger partial charge is 0.326 e. The average Bonchev–Trinajstić information content (AvgIpc) is 2.91. The van der Waals surface area contributed by atoms with E-state index < -0.39 is 18.0 Å². The molecule has 0 aliphatic heterocycles. The molecule has 0 bridgehead atoms. The highest BCUT2D eigenvalue weighted by molar-refractivity contribution is 5.87. The maximum absolute atomic E-state index is 12.2. The zero-order chi connectivity index (χ0) is 29.7. The van der Waals surface area contributed by atoms with Crippen LogP contribution in [-0.2, 0) is 19.1 Å². The van der Waals surface area contributed by atoms with Crippen LogP contribution < -0.4 is 5.32 Å². The van der Waals surface area contributed by atoms with Crippen molar-refractivity contribution < 1.29 is 24.2 Å². The third-order valence-electron chi connectivity index (χ3n) is 7.70. The van der Waals surface area contributed by atoms with Crippen molar-refractivity contribution >= 4 is 17.8 Å². The average molecular weight is 568 g/mol. The van der Waals surface area contributed by atoms with Gasteiger partial charge in [-0.15, -0.1) is 0 Å². The highest BCUT2D eigenvalue weighted by Crippen LogP contribution is 2.14. The number of esters is 1. The van der Waals surface area contributed by atoms with Crippen molar-refractivity contribution in [3.05, 3.63) is 0 Å². The van der Waals surface area contributed by atoms with Crippen molar-refractivity contribution in [3.8, 4) is 0 Å². The van der Waals surface area contributed by atoms with Crippen LogP contribution in [0.3, 0.4) is 0 Å². The summed E-state index contributed by atoms with van der Waals surface area (Å²) in [5.41, 5.74) is 0. The molecule has 0 aromatic heterocycles. The fourth-order valence-corrected chi connectivity index (χ4v) is 5.07. The SMILES string of the molecule is CCCCCCCCCCCCCCCCCC(=O)N[C@@H](CC(=O)OCCCCCCCCCC(C)C)C(=O)O. The lowest BCUT2D eigenvalue weighted by Crippen LogP contribution is -2.42. The fraction of sp³-hybridized carbons (Fsp3) is 0.912. The quantitative estimate of drug-likeness (QED) is 0.0666. The fourth-order valence-electron chi connectivity index (χ4n) is 5.07. The third kappa shape index (κ3) is 28.0. The second kappa shape index (κ2) is 28.9. The Morgan fingerprint density at radius 3 is 1.50 bits per heavy atom. The molecule has 0 fully saturated rings. The molecule has 6 heteroatoms. The summed E-state index contributed by atoms with van der Waals surface area (Å²) in [4.78, 5) is 35.8. The van der Waals surface area contributed by atoms with Gasteiger partial charge in [-0.1, -0.05) is 156 Å². The van der Waals surface area contributed by atoms with Gasteiger partial charge in [0.05, 0.1) is 13.0 Å². The first kappa shape index (κ1) is 38.4. The molecule has 0 saturated heterocycles. The first-order valence-electron chi connectivity index (χ1n) is 17.0. The van der Waals surface area contributed by atoms with Crippen LogP contribution in [0.25, 0.3) is 0 Å². The van der Waals surface area contributed by atoms with Gasteiger partial charge < -0.3 is 15.2 Å². The minimum absolute atomic E-state index is 0.300. The molecule has 0 saturated carbocycles. The van der Waals surface area contributed by atoms with E-state index in [2.05, 4.69) is 26.1 Å². The van der Waals surface area contributed by atoms with Crippen molar-refractivity contribution in [1.29, 1.82) is 0 Å². The van der Waals surface area contributed by atoms with Crippen LogP contribution in [0.5, 0.6) is 0 Å². The Balaban J connectivity index is 3.68. The van der Waals surface area contributed by atoms with E-state index in [0.29, 0.717) is 13.0 Å². The molecule has 0 rings (SSSR count). The largest absolute Gasteiger partial charge is 0.480 e. The molecule has 0 heterocycles. The first-order chi connectivity index (χ1) is 19.4. The summed E-state index contributed by atoms with van der Waals surface area (Å²) in [5, 5.41) is 11.9. The highest BCUT2D eigenvalue weighted by Gasteiger charge is 2.23. The Hall–Kier alpha value is -1.59. The van der Waals surface area contributed by atoms with Crippen molar-refractivity contribution in [1.82, 2.24) is 5.32 Å². The van der Waals surface area contributed by atoms with E-state index in [0.717, 1.165) is 44.4 Å². The van der Waals surface area contributed by atoms with Gasteiger partial charge in [0.15, 0.2) is 0 Å². The maximum Gasteiger partial charge on any atom is 0.326 e. The summed E-state index contributed by atoms with van der Waals surface area (Å²) in [6.45, 7) is 7.09. The van der Waals surface area contributed by atoms with E-state index in [-0.39, 0.29) is 12.3 Å². The number of rotatable bonds is 30. The molecule has 0 unspecified atom stereocenters. The molecule has 0 spiro atoms. The molecule has 2 N–H and O–H groups in total. The van der Waals surface area contributed by atoms with E-state index >= 15 is 0 Å². The number of carboxylic acids is 1. The summed E-state index contributed by atoms with van der Waals surface area (Å²) < 4.78 is 5.21. The van der Waals surface area contributed by atoms with Gasteiger partial charge >= 0.3 is 11.9 Å². The third-order valence-corrected chi connectivity index (χ3v) is 7.70. The number of hydrogen-bond acceptors (Lipinski definition) is 4. The van der Waals surface area contributed by atoms with Gasteiger partial charge in [0.25, 0.3) is 0 Å². The topological polar surface area (TPSA) is 92.7 Å². The van der Waals surface area contributed by atoms with E-state index in [4.69, 9.17) is 4.74 Å². The summed E-state index contributed by atoms with van der Waals surface area (Å²) >= 11 is 0. The predicted octanol–water partition coefficient (Wildman–Crippen LogP) is 9.53. The van der Waals surface area contributed by atoms with E-state index in [1.165, 1.54) is 109 Å². The number of carboxylic acid groups (broad SMARTS) is 1. The van der Waals surface area contributed by atoms with Crippen LogP contribution >= 0.6 is 0 Å². The molecular formula is C34H65NO5. The van der Waals surface area contributed by atoms with Crippen LogP contribution in [-0.4, -0.2) is 35.6 Å².